The molecule has 0 saturated carbocycles. The molecule has 0 unspecified atom stereocenters. The van der Waals surface area contributed by atoms with E-state index in [4.69, 9.17) is 4.74 Å². The summed E-state index contributed by atoms with van der Waals surface area (Å²) in [7, 11) is 0. The number of ether oxygens (including phenoxy) is 1. The van der Waals surface area contributed by atoms with Gasteiger partial charge in [0.2, 0.25) is 0 Å². The first-order valence-electron chi connectivity index (χ1n) is 4.85. The molecule has 0 fully saturated rings. The van der Waals surface area contributed by atoms with Gasteiger partial charge in [-0.25, -0.2) is 0 Å². The number of hydrogen-bond donors (Lipinski definition) is 0. The van der Waals surface area contributed by atoms with Crippen LogP contribution in [0.4, 0.5) is 0 Å². The minimum absolute atomic E-state index is 0.726. The molecule has 0 aliphatic carbocycles. The van der Waals surface area contributed by atoms with Crippen molar-refractivity contribution >= 4 is 95.6 Å². The summed E-state index contributed by atoms with van der Waals surface area (Å²) in [6.07, 6.45) is 0. The molecule has 0 heterocycles. The largest absolute Gasteiger partial charge is 0.455 e. The lowest BCUT2D eigenvalue weighted by molar-refractivity contribution is 0.475. The highest BCUT2D eigenvalue weighted by molar-refractivity contribution is 9.14. The fourth-order valence-electron chi connectivity index (χ4n) is 1.34. The Bertz CT molecular complexity index is 594. The molecular weight excluding hydrogens is 640 g/mol. The summed E-state index contributed by atoms with van der Waals surface area (Å²) in [4.78, 5) is 0. The van der Waals surface area contributed by atoms with E-state index >= 15 is 0 Å². The van der Waals surface area contributed by atoms with Gasteiger partial charge in [0, 0.05) is 17.9 Å². The minimum atomic E-state index is 0.726. The Morgan fingerprint density at radius 3 is 1.58 bits per heavy atom. The number of rotatable bonds is 2. The average molecular weight is 644 g/mol. The molecule has 0 radical (unpaired) electrons. The molecule has 1 nitrogen and oxygen atoms in total. The molecule has 0 amide bonds. The van der Waals surface area contributed by atoms with Crippen LogP contribution in [0.5, 0.6) is 11.5 Å². The summed E-state index contributed by atoms with van der Waals surface area (Å²) in [5.74, 6) is 1.45. The number of benzene rings is 2. The van der Waals surface area contributed by atoms with Crippen molar-refractivity contribution in [3.8, 4) is 11.5 Å². The first kappa shape index (κ1) is 16.5. The van der Waals surface area contributed by atoms with Crippen molar-refractivity contribution < 1.29 is 4.74 Å². The highest BCUT2D eigenvalue weighted by Gasteiger charge is 2.12. The van der Waals surface area contributed by atoms with Crippen molar-refractivity contribution in [1.82, 2.24) is 0 Å². The molecule has 2 rings (SSSR count). The van der Waals surface area contributed by atoms with E-state index in [1.54, 1.807) is 0 Å². The second kappa shape index (κ2) is 6.92. The molecule has 0 aliphatic rings. The second-order valence-corrected chi connectivity index (χ2v) is 8.63. The van der Waals surface area contributed by atoms with Gasteiger partial charge < -0.3 is 4.74 Å². The maximum atomic E-state index is 5.92. The van der Waals surface area contributed by atoms with Crippen molar-refractivity contribution in [3.63, 3.8) is 0 Å². The Morgan fingerprint density at radius 1 is 0.632 bits per heavy atom. The van der Waals surface area contributed by atoms with Crippen molar-refractivity contribution in [1.29, 1.82) is 0 Å². The third kappa shape index (κ3) is 4.07. The van der Waals surface area contributed by atoms with Gasteiger partial charge in [-0.2, -0.15) is 0 Å². The molecule has 100 valence electrons. The zero-order valence-corrected chi connectivity index (χ0v) is 18.5. The van der Waals surface area contributed by atoms with Gasteiger partial charge in [-0.05, 0) is 104 Å². The van der Waals surface area contributed by atoms with E-state index in [0.717, 1.165) is 38.3 Å². The van der Waals surface area contributed by atoms with Crippen LogP contribution in [-0.4, -0.2) is 0 Å². The van der Waals surface area contributed by atoms with Crippen LogP contribution in [0.1, 0.15) is 0 Å². The molecule has 19 heavy (non-hydrogen) atoms. The topological polar surface area (TPSA) is 9.23 Å². The maximum absolute atomic E-state index is 5.92. The van der Waals surface area contributed by atoms with Gasteiger partial charge in [0.05, 0.1) is 8.95 Å². The highest BCUT2D eigenvalue weighted by Crippen LogP contribution is 2.41. The van der Waals surface area contributed by atoms with Crippen LogP contribution in [0.15, 0.2) is 51.1 Å². The molecule has 0 saturated heterocycles. The predicted octanol–water partition coefficient (Wildman–Crippen LogP) is 8.05. The van der Waals surface area contributed by atoms with Crippen LogP contribution in [0.3, 0.4) is 0 Å². The van der Waals surface area contributed by atoms with Crippen LogP contribution in [0.2, 0.25) is 0 Å². The van der Waals surface area contributed by atoms with E-state index in [1.165, 1.54) is 0 Å². The molecule has 2 aromatic rings. The fraction of sp³-hybridized carbons (Fsp3) is 0. The number of halogens is 6. The summed E-state index contributed by atoms with van der Waals surface area (Å²) in [5, 5.41) is 0. The normalized spacial score (nSPS) is 10.6. The van der Waals surface area contributed by atoms with Crippen LogP contribution in [0, 0.1) is 0 Å². The molecule has 0 atom stereocenters. The van der Waals surface area contributed by atoms with Gasteiger partial charge in [0.25, 0.3) is 0 Å². The van der Waals surface area contributed by atoms with Crippen LogP contribution >= 0.6 is 95.6 Å². The van der Waals surface area contributed by atoms with Gasteiger partial charge in [0.1, 0.15) is 5.75 Å². The maximum Gasteiger partial charge on any atom is 0.155 e. The Labute approximate surface area is 161 Å². The first-order valence-corrected chi connectivity index (χ1v) is 9.61. The van der Waals surface area contributed by atoms with Gasteiger partial charge in [-0.15, -0.1) is 0 Å². The lowest BCUT2D eigenvalue weighted by Crippen LogP contribution is -1.88. The summed E-state index contributed by atoms with van der Waals surface area (Å²) in [5.41, 5.74) is 0. The van der Waals surface area contributed by atoms with Crippen molar-refractivity contribution in [2.24, 2.45) is 0 Å². The van der Waals surface area contributed by atoms with Crippen LogP contribution in [0.25, 0.3) is 0 Å². The van der Waals surface area contributed by atoms with E-state index < -0.39 is 0 Å². The van der Waals surface area contributed by atoms with E-state index in [9.17, 15) is 0 Å². The SMILES string of the molecule is Brc1cc(Br)c(Oc2cc(Br)c(Br)c(Br)c2)c(Br)c1. The molecule has 0 N–H and O–H groups in total. The Hall–Kier alpha value is 1.12. The molecule has 0 bridgehead atoms. The molecular formula is C12H4Br6O. The fourth-order valence-corrected chi connectivity index (χ4v) is 5.13. The van der Waals surface area contributed by atoms with E-state index in [1.807, 2.05) is 24.3 Å². The third-order valence-electron chi connectivity index (χ3n) is 2.14. The third-order valence-corrected chi connectivity index (χ3v) is 6.95. The monoisotopic (exact) mass is 638 g/mol. The summed E-state index contributed by atoms with van der Waals surface area (Å²) in [6, 6.07) is 7.66. The highest BCUT2D eigenvalue weighted by atomic mass is 79.9. The lowest BCUT2D eigenvalue weighted by Gasteiger charge is -2.12. The quantitative estimate of drug-likeness (QED) is 0.301. The molecule has 0 spiro atoms. The minimum Gasteiger partial charge on any atom is -0.455 e. The molecule has 7 heteroatoms. The van der Waals surface area contributed by atoms with Gasteiger partial charge in [-0.3, -0.25) is 0 Å². The Balaban J connectivity index is 2.42. The van der Waals surface area contributed by atoms with E-state index in [0.29, 0.717) is 0 Å². The Kier molecular flexibility index (Phi) is 6.01. The van der Waals surface area contributed by atoms with Gasteiger partial charge in [-0.1, -0.05) is 15.9 Å². The van der Waals surface area contributed by atoms with Crippen LogP contribution in [-0.2, 0) is 0 Å². The van der Waals surface area contributed by atoms with Gasteiger partial charge in [0.15, 0.2) is 5.75 Å². The smallest absolute Gasteiger partial charge is 0.155 e. The standard InChI is InChI=1S/C12H4Br6O/c13-5-1-9(16)12(10(17)2-5)19-6-3-7(14)11(18)8(15)4-6/h1-4H. The van der Waals surface area contributed by atoms with Crippen molar-refractivity contribution in [3.05, 3.63) is 51.1 Å². The van der Waals surface area contributed by atoms with Gasteiger partial charge >= 0.3 is 0 Å². The van der Waals surface area contributed by atoms with Crippen molar-refractivity contribution in [2.45, 2.75) is 0 Å². The zero-order chi connectivity index (χ0) is 14.2. The molecule has 2 aromatic carbocycles. The molecule has 0 aliphatic heterocycles. The second-order valence-electron chi connectivity index (χ2n) is 3.50. The summed E-state index contributed by atoms with van der Waals surface area (Å²) >= 11 is 20.8. The zero-order valence-electron chi connectivity index (χ0n) is 8.99. The lowest BCUT2D eigenvalue weighted by atomic mass is 10.3. The van der Waals surface area contributed by atoms with Crippen molar-refractivity contribution in [2.75, 3.05) is 0 Å². The summed E-state index contributed by atoms with van der Waals surface area (Å²) < 4.78 is 11.4. The predicted molar refractivity (Wildman–Crippen MR) is 99.2 cm³/mol. The number of hydrogen-bond acceptors (Lipinski definition) is 1. The first-order chi connectivity index (χ1) is 8.88. The van der Waals surface area contributed by atoms with E-state index in [2.05, 4.69) is 95.6 Å². The molecule has 0 aromatic heterocycles. The Morgan fingerprint density at radius 2 is 1.11 bits per heavy atom. The van der Waals surface area contributed by atoms with E-state index in [-0.39, 0.29) is 0 Å². The summed E-state index contributed by atoms with van der Waals surface area (Å²) in [6.45, 7) is 0. The average Bonchev–Trinajstić information content (AvgIpc) is 2.30. The van der Waals surface area contributed by atoms with Crippen LogP contribution < -0.4 is 4.74 Å².